The Kier molecular flexibility index (Phi) is 2.26. The molecule has 2 N–H and O–H groups in total. The maximum atomic E-state index is 11.3. The Bertz CT molecular complexity index is 84.2. The van der Waals surface area contributed by atoms with E-state index in [0.29, 0.717) is 0 Å². The van der Waals surface area contributed by atoms with Crippen LogP contribution in [0.2, 0.25) is 0 Å². The van der Waals surface area contributed by atoms with Gasteiger partial charge in [0.15, 0.2) is 5.83 Å². The molecule has 0 aliphatic heterocycles. The molecule has 0 amide bonds. The molecule has 42 valence electrons. The van der Waals surface area contributed by atoms with Crippen molar-refractivity contribution in [2.75, 3.05) is 6.67 Å². The SMILES string of the molecule is N/C(F)=C(/F)CF. The number of hydrogen-bond donors (Lipinski definition) is 1. The van der Waals surface area contributed by atoms with Crippen molar-refractivity contribution in [2.45, 2.75) is 0 Å². The fourth-order valence-electron chi connectivity index (χ4n) is 0.0638. The fourth-order valence-corrected chi connectivity index (χ4v) is 0.0638. The summed E-state index contributed by atoms with van der Waals surface area (Å²) in [6, 6.07) is 0. The number of halogens is 3. The van der Waals surface area contributed by atoms with Crippen molar-refractivity contribution in [3.8, 4) is 0 Å². The maximum absolute atomic E-state index is 11.3. The first-order valence-electron chi connectivity index (χ1n) is 1.54. The van der Waals surface area contributed by atoms with Gasteiger partial charge in [-0.2, -0.15) is 4.39 Å². The molecule has 0 radical (unpaired) electrons. The van der Waals surface area contributed by atoms with Gasteiger partial charge in [0, 0.05) is 0 Å². The van der Waals surface area contributed by atoms with E-state index in [2.05, 4.69) is 5.73 Å². The van der Waals surface area contributed by atoms with Gasteiger partial charge in [0.1, 0.15) is 6.67 Å². The number of alkyl halides is 1. The topological polar surface area (TPSA) is 26.0 Å². The van der Waals surface area contributed by atoms with Gasteiger partial charge in [0.25, 0.3) is 0 Å². The zero-order chi connectivity index (χ0) is 5.86. The molecular formula is C3H4F3N. The number of allylic oxidation sites excluding steroid dienone is 1. The molecule has 0 spiro atoms. The summed E-state index contributed by atoms with van der Waals surface area (Å²) in [6.07, 6.45) is 0. The summed E-state index contributed by atoms with van der Waals surface area (Å²) in [4.78, 5) is 0. The Morgan fingerprint density at radius 3 is 1.86 bits per heavy atom. The van der Waals surface area contributed by atoms with E-state index in [1.54, 1.807) is 0 Å². The van der Waals surface area contributed by atoms with E-state index in [0.717, 1.165) is 0 Å². The summed E-state index contributed by atoms with van der Waals surface area (Å²) in [5.74, 6) is -3.12. The molecule has 7 heavy (non-hydrogen) atoms. The zero-order valence-electron chi connectivity index (χ0n) is 3.42. The normalized spacial score (nSPS) is 13.6. The molecule has 1 nitrogen and oxygen atoms in total. The van der Waals surface area contributed by atoms with E-state index in [4.69, 9.17) is 0 Å². The van der Waals surface area contributed by atoms with E-state index in [1.807, 2.05) is 0 Å². The van der Waals surface area contributed by atoms with Crippen LogP contribution < -0.4 is 5.73 Å². The number of nitrogens with two attached hydrogens (primary N) is 1. The van der Waals surface area contributed by atoms with Crippen LogP contribution in [0.1, 0.15) is 0 Å². The van der Waals surface area contributed by atoms with Gasteiger partial charge in [-0.25, -0.2) is 8.78 Å². The Labute approximate surface area is 38.6 Å². The highest BCUT2D eigenvalue weighted by molar-refractivity contribution is 4.94. The molecular weight excluding hydrogens is 107 g/mol. The molecule has 0 fully saturated rings. The molecule has 0 aromatic heterocycles. The van der Waals surface area contributed by atoms with Crippen LogP contribution in [0.25, 0.3) is 0 Å². The fraction of sp³-hybridized carbons (Fsp3) is 0.333. The first-order valence-corrected chi connectivity index (χ1v) is 1.54. The second-order valence-electron chi connectivity index (χ2n) is 0.886. The maximum Gasteiger partial charge on any atom is 0.219 e. The Balaban J connectivity index is 3.72. The average molecular weight is 111 g/mol. The lowest BCUT2D eigenvalue weighted by molar-refractivity contribution is 0.426. The van der Waals surface area contributed by atoms with Crippen LogP contribution in [-0.2, 0) is 0 Å². The van der Waals surface area contributed by atoms with Gasteiger partial charge in [-0.3, -0.25) is 0 Å². The molecule has 0 saturated heterocycles. The second kappa shape index (κ2) is 2.49. The molecule has 0 bridgehead atoms. The van der Waals surface area contributed by atoms with E-state index in [9.17, 15) is 13.2 Å². The third-order valence-corrected chi connectivity index (χ3v) is 0.376. The van der Waals surface area contributed by atoms with E-state index >= 15 is 0 Å². The summed E-state index contributed by atoms with van der Waals surface area (Å²) in [5.41, 5.74) is 4.14. The molecule has 0 unspecified atom stereocenters. The second-order valence-corrected chi connectivity index (χ2v) is 0.886. The molecule has 0 saturated carbocycles. The van der Waals surface area contributed by atoms with Gasteiger partial charge in [-0.15, -0.1) is 0 Å². The van der Waals surface area contributed by atoms with Crippen LogP contribution in [0.4, 0.5) is 13.2 Å². The van der Waals surface area contributed by atoms with Gasteiger partial charge in [0.05, 0.1) is 0 Å². The van der Waals surface area contributed by atoms with Gasteiger partial charge < -0.3 is 5.73 Å². The minimum Gasteiger partial charge on any atom is -0.373 e. The first kappa shape index (κ1) is 6.33. The van der Waals surface area contributed by atoms with Gasteiger partial charge >= 0.3 is 0 Å². The summed E-state index contributed by atoms with van der Waals surface area (Å²) in [6.45, 7) is -1.47. The van der Waals surface area contributed by atoms with Crippen LogP contribution in [-0.4, -0.2) is 6.67 Å². The first-order chi connectivity index (χ1) is 3.18. The Hall–Kier alpha value is -0.670. The molecule has 0 atom stereocenters. The molecule has 0 aliphatic rings. The Morgan fingerprint density at radius 1 is 1.43 bits per heavy atom. The lowest BCUT2D eigenvalue weighted by atomic mass is 10.6. The van der Waals surface area contributed by atoms with Gasteiger partial charge in [-0.05, 0) is 0 Å². The van der Waals surface area contributed by atoms with E-state index in [-0.39, 0.29) is 0 Å². The molecule has 0 rings (SSSR count). The van der Waals surface area contributed by atoms with Crippen molar-refractivity contribution >= 4 is 0 Å². The van der Waals surface area contributed by atoms with Crippen LogP contribution in [0.15, 0.2) is 11.8 Å². The number of rotatable bonds is 1. The summed E-state index contributed by atoms with van der Waals surface area (Å²) in [5, 5.41) is 0. The predicted octanol–water partition coefficient (Wildman–Crippen LogP) is 1.02. The molecule has 0 aliphatic carbocycles. The van der Waals surface area contributed by atoms with Crippen LogP contribution >= 0.6 is 0 Å². The highest BCUT2D eigenvalue weighted by Crippen LogP contribution is 2.00. The van der Waals surface area contributed by atoms with E-state index in [1.165, 1.54) is 0 Å². The van der Waals surface area contributed by atoms with Crippen molar-refractivity contribution in [3.63, 3.8) is 0 Å². The summed E-state index contributed by atoms with van der Waals surface area (Å²) in [7, 11) is 0. The minimum atomic E-state index is -1.58. The van der Waals surface area contributed by atoms with Crippen LogP contribution in [0.3, 0.4) is 0 Å². The smallest absolute Gasteiger partial charge is 0.219 e. The highest BCUT2D eigenvalue weighted by atomic mass is 19.2. The van der Waals surface area contributed by atoms with Crippen molar-refractivity contribution in [2.24, 2.45) is 5.73 Å². The van der Waals surface area contributed by atoms with E-state index < -0.39 is 18.5 Å². The Morgan fingerprint density at radius 2 is 1.86 bits per heavy atom. The lowest BCUT2D eigenvalue weighted by Crippen LogP contribution is -1.93. The van der Waals surface area contributed by atoms with Gasteiger partial charge in [-0.1, -0.05) is 0 Å². The average Bonchev–Trinajstić information content (AvgIpc) is 1.65. The summed E-state index contributed by atoms with van der Waals surface area (Å²) >= 11 is 0. The van der Waals surface area contributed by atoms with Crippen molar-refractivity contribution in [1.29, 1.82) is 0 Å². The van der Waals surface area contributed by atoms with Crippen molar-refractivity contribution < 1.29 is 13.2 Å². The molecule has 0 heterocycles. The summed E-state index contributed by atoms with van der Waals surface area (Å²) < 4.78 is 33.3. The van der Waals surface area contributed by atoms with Crippen molar-refractivity contribution in [3.05, 3.63) is 11.8 Å². The van der Waals surface area contributed by atoms with Crippen molar-refractivity contribution in [1.82, 2.24) is 0 Å². The minimum absolute atomic E-state index is 1.47. The van der Waals surface area contributed by atoms with Crippen LogP contribution in [0, 0.1) is 0 Å². The lowest BCUT2D eigenvalue weighted by Gasteiger charge is -1.83. The molecule has 0 aromatic carbocycles. The number of hydrogen-bond acceptors (Lipinski definition) is 1. The zero-order valence-corrected chi connectivity index (χ0v) is 3.42. The molecule has 4 heteroatoms. The predicted molar refractivity (Wildman–Crippen MR) is 19.4 cm³/mol. The quantitative estimate of drug-likeness (QED) is 0.502. The largest absolute Gasteiger partial charge is 0.373 e. The van der Waals surface area contributed by atoms with Gasteiger partial charge in [0.2, 0.25) is 5.95 Å². The van der Waals surface area contributed by atoms with Crippen LogP contribution in [0.5, 0.6) is 0 Å². The third kappa shape index (κ3) is 2.08. The standard InChI is InChI=1S/C3H4F3N/c4-1-2(5)3(6)7/h1,7H2/b3-2+. The third-order valence-electron chi connectivity index (χ3n) is 0.376. The molecule has 0 aromatic rings. The highest BCUT2D eigenvalue weighted by Gasteiger charge is 1.97. The monoisotopic (exact) mass is 111 g/mol.